The summed E-state index contributed by atoms with van der Waals surface area (Å²) in [4.78, 5) is 26.3. The first-order chi connectivity index (χ1) is 9.02. The van der Waals surface area contributed by atoms with E-state index < -0.39 is 6.09 Å². The predicted octanol–water partition coefficient (Wildman–Crippen LogP) is 0.441. The van der Waals surface area contributed by atoms with Crippen LogP contribution >= 0.6 is 0 Å². The third kappa shape index (κ3) is 5.24. The van der Waals surface area contributed by atoms with Crippen molar-refractivity contribution in [1.29, 1.82) is 0 Å². The lowest BCUT2D eigenvalue weighted by Crippen LogP contribution is -2.29. The lowest BCUT2D eigenvalue weighted by atomic mass is 10.1. The monoisotopic (exact) mass is 266 g/mol. The number of pyridine rings is 1. The highest BCUT2D eigenvalue weighted by atomic mass is 16.5. The lowest BCUT2D eigenvalue weighted by molar-refractivity contribution is 0.0936. The van der Waals surface area contributed by atoms with Crippen LogP contribution in [0.4, 0.5) is 10.6 Å². The Balaban J connectivity index is 2.58. The number of rotatable bonds is 6. The minimum atomic E-state index is -0.868. The molecule has 0 aliphatic carbocycles. The van der Waals surface area contributed by atoms with E-state index in [4.69, 9.17) is 11.5 Å². The number of hydrogen-bond acceptors (Lipinski definition) is 5. The van der Waals surface area contributed by atoms with Gasteiger partial charge in [0.05, 0.1) is 6.54 Å². The molecule has 7 heteroatoms. The summed E-state index contributed by atoms with van der Waals surface area (Å²) in [6.45, 7) is 2.24. The highest BCUT2D eigenvalue weighted by Gasteiger charge is 2.08. The van der Waals surface area contributed by atoms with E-state index in [2.05, 4.69) is 15.0 Å². The van der Waals surface area contributed by atoms with Crippen molar-refractivity contribution in [3.05, 3.63) is 23.4 Å². The quantitative estimate of drug-likeness (QED) is 0.645. The van der Waals surface area contributed by atoms with Gasteiger partial charge in [-0.05, 0) is 18.6 Å². The predicted molar refractivity (Wildman–Crippen MR) is 70.5 cm³/mol. The number of carbonyl (C=O) groups is 2. The van der Waals surface area contributed by atoms with Gasteiger partial charge in [0.25, 0.3) is 5.91 Å². The molecule has 0 spiro atoms. The van der Waals surface area contributed by atoms with Crippen molar-refractivity contribution in [3.63, 3.8) is 0 Å². The zero-order chi connectivity index (χ0) is 14.3. The molecule has 1 rings (SSSR count). The van der Waals surface area contributed by atoms with Crippen molar-refractivity contribution in [2.45, 2.75) is 19.8 Å². The lowest BCUT2D eigenvalue weighted by Gasteiger charge is -2.07. The molecule has 5 N–H and O–H groups in total. The fraction of sp³-hybridized carbons (Fsp3) is 0.417. The number of aromatic nitrogens is 1. The fourth-order valence-electron chi connectivity index (χ4n) is 1.54. The molecule has 7 nitrogen and oxygen atoms in total. The summed E-state index contributed by atoms with van der Waals surface area (Å²) in [5.74, 6) is 0.0176. The van der Waals surface area contributed by atoms with Crippen molar-refractivity contribution in [3.8, 4) is 0 Å². The standard InChI is InChI=1S/C12H18N4O3/c1-2-3-9-6-8(7-10(13)16-9)11(17)15-4-5-19-12(14)18/h6-7H,2-5H2,1H3,(H2,13,16)(H2,14,18)(H,15,17). The average Bonchev–Trinajstić information content (AvgIpc) is 2.34. The number of carbonyl (C=O) groups excluding carboxylic acids is 2. The average molecular weight is 266 g/mol. The van der Waals surface area contributed by atoms with Crippen LogP contribution in [0.15, 0.2) is 12.1 Å². The number of nitrogen functional groups attached to an aromatic ring is 1. The number of amides is 2. The second kappa shape index (κ2) is 7.20. The first-order valence-electron chi connectivity index (χ1n) is 5.99. The Morgan fingerprint density at radius 3 is 2.79 bits per heavy atom. The number of nitrogens with one attached hydrogen (secondary N) is 1. The van der Waals surface area contributed by atoms with Gasteiger partial charge in [0.15, 0.2) is 0 Å². The number of hydrogen-bond donors (Lipinski definition) is 3. The molecule has 0 aromatic carbocycles. The number of ether oxygens (including phenoxy) is 1. The molecule has 0 saturated carbocycles. The minimum absolute atomic E-state index is 0.0312. The van der Waals surface area contributed by atoms with E-state index in [9.17, 15) is 9.59 Å². The van der Waals surface area contributed by atoms with Gasteiger partial charge >= 0.3 is 6.09 Å². The van der Waals surface area contributed by atoms with Crippen molar-refractivity contribution in [2.75, 3.05) is 18.9 Å². The Morgan fingerprint density at radius 2 is 2.16 bits per heavy atom. The second-order valence-corrected chi connectivity index (χ2v) is 3.95. The third-order valence-electron chi connectivity index (χ3n) is 2.30. The van der Waals surface area contributed by atoms with Crippen LogP contribution in [0.5, 0.6) is 0 Å². The molecule has 0 unspecified atom stereocenters. The normalized spacial score (nSPS) is 9.95. The molecule has 2 amide bonds. The van der Waals surface area contributed by atoms with Crippen LogP contribution in [0.1, 0.15) is 29.4 Å². The van der Waals surface area contributed by atoms with Gasteiger partial charge in [-0.25, -0.2) is 9.78 Å². The van der Waals surface area contributed by atoms with Gasteiger partial charge in [-0.2, -0.15) is 0 Å². The molecule has 0 atom stereocenters. The molecule has 0 radical (unpaired) electrons. The van der Waals surface area contributed by atoms with Crippen LogP contribution in [0.3, 0.4) is 0 Å². The largest absolute Gasteiger partial charge is 0.448 e. The van der Waals surface area contributed by atoms with Crippen LogP contribution in [-0.2, 0) is 11.2 Å². The Kier molecular flexibility index (Phi) is 5.59. The van der Waals surface area contributed by atoms with Gasteiger partial charge < -0.3 is 21.5 Å². The molecule has 19 heavy (non-hydrogen) atoms. The van der Waals surface area contributed by atoms with Gasteiger partial charge in [-0.3, -0.25) is 4.79 Å². The Bertz CT molecular complexity index is 462. The molecular weight excluding hydrogens is 248 g/mol. The number of nitrogens with zero attached hydrogens (tertiary/aromatic N) is 1. The molecule has 0 aliphatic heterocycles. The smallest absolute Gasteiger partial charge is 0.404 e. The van der Waals surface area contributed by atoms with E-state index in [1.807, 2.05) is 6.92 Å². The maximum absolute atomic E-state index is 11.8. The van der Waals surface area contributed by atoms with E-state index in [0.717, 1.165) is 18.5 Å². The van der Waals surface area contributed by atoms with Crippen molar-refractivity contribution in [2.24, 2.45) is 5.73 Å². The zero-order valence-corrected chi connectivity index (χ0v) is 10.8. The number of nitrogens with two attached hydrogens (primary N) is 2. The van der Waals surface area contributed by atoms with E-state index in [1.165, 1.54) is 6.07 Å². The summed E-state index contributed by atoms with van der Waals surface area (Å²) in [6, 6.07) is 3.20. The first-order valence-corrected chi connectivity index (χ1v) is 5.99. The molecule has 0 saturated heterocycles. The van der Waals surface area contributed by atoms with Gasteiger partial charge in [0.2, 0.25) is 0 Å². The van der Waals surface area contributed by atoms with Crippen LogP contribution in [0, 0.1) is 0 Å². The summed E-state index contributed by atoms with van der Waals surface area (Å²) >= 11 is 0. The maximum atomic E-state index is 11.8. The van der Waals surface area contributed by atoms with Gasteiger partial charge in [-0.1, -0.05) is 13.3 Å². The van der Waals surface area contributed by atoms with E-state index in [-0.39, 0.29) is 19.1 Å². The van der Waals surface area contributed by atoms with Gasteiger partial charge in [0, 0.05) is 11.3 Å². The molecule has 1 heterocycles. The topological polar surface area (TPSA) is 120 Å². The molecule has 0 bridgehead atoms. The first kappa shape index (κ1) is 14.7. The summed E-state index contributed by atoms with van der Waals surface area (Å²) in [7, 11) is 0. The molecule has 1 aromatic heterocycles. The van der Waals surface area contributed by atoms with Crippen LogP contribution < -0.4 is 16.8 Å². The van der Waals surface area contributed by atoms with E-state index in [0.29, 0.717) is 11.4 Å². The Morgan fingerprint density at radius 1 is 1.42 bits per heavy atom. The molecule has 0 fully saturated rings. The van der Waals surface area contributed by atoms with Gasteiger partial charge in [0.1, 0.15) is 12.4 Å². The number of aryl methyl sites for hydroxylation is 1. The number of primary amides is 1. The molecule has 1 aromatic rings. The summed E-state index contributed by atoms with van der Waals surface area (Å²) in [5, 5.41) is 2.60. The third-order valence-corrected chi connectivity index (χ3v) is 2.30. The SMILES string of the molecule is CCCc1cc(C(=O)NCCOC(N)=O)cc(N)n1. The Hall–Kier alpha value is -2.31. The van der Waals surface area contributed by atoms with Crippen molar-refractivity contribution in [1.82, 2.24) is 10.3 Å². The molecular formula is C12H18N4O3. The van der Waals surface area contributed by atoms with Gasteiger partial charge in [-0.15, -0.1) is 0 Å². The summed E-state index contributed by atoms with van der Waals surface area (Å²) in [5.41, 5.74) is 11.7. The van der Waals surface area contributed by atoms with Crippen molar-refractivity contribution >= 4 is 17.8 Å². The van der Waals surface area contributed by atoms with Crippen LogP contribution in [0.2, 0.25) is 0 Å². The van der Waals surface area contributed by atoms with Crippen LogP contribution in [-0.4, -0.2) is 30.1 Å². The van der Waals surface area contributed by atoms with Crippen molar-refractivity contribution < 1.29 is 14.3 Å². The summed E-state index contributed by atoms with van der Waals surface area (Å²) < 4.78 is 4.50. The molecule has 104 valence electrons. The zero-order valence-electron chi connectivity index (χ0n) is 10.8. The van der Waals surface area contributed by atoms with E-state index >= 15 is 0 Å². The summed E-state index contributed by atoms with van der Waals surface area (Å²) in [6.07, 6.45) is 0.813. The van der Waals surface area contributed by atoms with E-state index in [1.54, 1.807) is 6.07 Å². The van der Waals surface area contributed by atoms with Crippen LogP contribution in [0.25, 0.3) is 0 Å². The molecule has 0 aliphatic rings. The highest BCUT2D eigenvalue weighted by Crippen LogP contribution is 2.09. The highest BCUT2D eigenvalue weighted by molar-refractivity contribution is 5.94. The second-order valence-electron chi connectivity index (χ2n) is 3.95. The minimum Gasteiger partial charge on any atom is -0.448 e. The maximum Gasteiger partial charge on any atom is 0.404 e. The Labute approximate surface area is 111 Å². The number of anilines is 1. The fourth-order valence-corrected chi connectivity index (χ4v) is 1.54.